The first-order chi connectivity index (χ1) is 13.7. The first-order valence-electron chi connectivity index (χ1n) is 9.84. The molecule has 2 aromatic heterocycles. The Bertz CT molecular complexity index is 816. The maximum atomic E-state index is 12.9. The van der Waals surface area contributed by atoms with Gasteiger partial charge in [0.05, 0.1) is 31.4 Å². The third kappa shape index (κ3) is 4.06. The van der Waals surface area contributed by atoms with Gasteiger partial charge in [-0.1, -0.05) is 6.07 Å². The highest BCUT2D eigenvalue weighted by atomic mass is 16.5. The van der Waals surface area contributed by atoms with Crippen LogP contribution in [0.5, 0.6) is 0 Å². The van der Waals surface area contributed by atoms with E-state index in [4.69, 9.17) is 4.74 Å². The van der Waals surface area contributed by atoms with Gasteiger partial charge in [-0.05, 0) is 37.5 Å². The molecule has 2 aliphatic rings. The van der Waals surface area contributed by atoms with Crippen LogP contribution in [-0.2, 0) is 16.0 Å². The van der Waals surface area contributed by atoms with Crippen LogP contribution in [0, 0.1) is 0 Å². The molecule has 148 valence electrons. The third-order valence-corrected chi connectivity index (χ3v) is 5.36. The molecule has 0 spiro atoms. The molecule has 2 aromatic rings. The molecule has 0 saturated carbocycles. The van der Waals surface area contributed by atoms with Gasteiger partial charge >= 0.3 is 0 Å². The van der Waals surface area contributed by atoms with Gasteiger partial charge in [0.1, 0.15) is 5.69 Å². The molecule has 2 saturated heterocycles. The Morgan fingerprint density at radius 2 is 2.04 bits per heavy atom. The number of pyridine rings is 1. The number of nitrogens with zero attached hydrogens (tertiary/aromatic N) is 4. The predicted octanol–water partition coefficient (Wildman–Crippen LogP) is 1.57. The van der Waals surface area contributed by atoms with Gasteiger partial charge < -0.3 is 14.5 Å². The van der Waals surface area contributed by atoms with Gasteiger partial charge in [-0.3, -0.25) is 19.7 Å². The minimum absolute atomic E-state index is 0.0547. The molecule has 2 fully saturated rings. The van der Waals surface area contributed by atoms with Gasteiger partial charge in [0.25, 0.3) is 5.91 Å². The molecule has 0 unspecified atom stereocenters. The van der Waals surface area contributed by atoms with Crippen LogP contribution in [0.3, 0.4) is 0 Å². The fourth-order valence-electron chi connectivity index (χ4n) is 3.86. The van der Waals surface area contributed by atoms with Crippen molar-refractivity contribution in [3.8, 4) is 0 Å². The number of hydrogen-bond acceptors (Lipinski definition) is 5. The minimum Gasteiger partial charge on any atom is -0.378 e. The number of amides is 2. The van der Waals surface area contributed by atoms with Crippen LogP contribution in [0.2, 0.25) is 0 Å². The zero-order chi connectivity index (χ0) is 19.3. The summed E-state index contributed by atoms with van der Waals surface area (Å²) in [4.78, 5) is 33.5. The van der Waals surface area contributed by atoms with Gasteiger partial charge in [-0.15, -0.1) is 0 Å². The number of carbonyl (C=O) groups is 2. The number of hydrogen-bond donors (Lipinski definition) is 1. The van der Waals surface area contributed by atoms with Crippen molar-refractivity contribution < 1.29 is 14.3 Å². The summed E-state index contributed by atoms with van der Waals surface area (Å²) in [5.41, 5.74) is 2.00. The summed E-state index contributed by atoms with van der Waals surface area (Å²) in [6.45, 7) is 2.99. The van der Waals surface area contributed by atoms with Gasteiger partial charge in [-0.2, -0.15) is 5.10 Å². The Balaban J connectivity index is 1.47. The van der Waals surface area contributed by atoms with Crippen LogP contribution in [0.4, 0.5) is 0 Å². The highest BCUT2D eigenvalue weighted by Crippen LogP contribution is 2.30. The molecule has 4 rings (SSSR count). The monoisotopic (exact) mass is 383 g/mol. The third-order valence-electron chi connectivity index (χ3n) is 5.36. The number of H-pyrrole nitrogens is 1. The average Bonchev–Trinajstić information content (AvgIpc) is 3.25. The van der Waals surface area contributed by atoms with Crippen LogP contribution in [-0.4, -0.2) is 69.6 Å². The first kappa shape index (κ1) is 18.6. The lowest BCUT2D eigenvalue weighted by Crippen LogP contribution is -2.41. The zero-order valence-corrected chi connectivity index (χ0v) is 15.8. The molecule has 2 amide bonds. The van der Waals surface area contributed by atoms with Crippen molar-refractivity contribution in [3.05, 3.63) is 47.5 Å². The van der Waals surface area contributed by atoms with Gasteiger partial charge in [0, 0.05) is 31.5 Å². The Hall–Kier alpha value is -2.74. The van der Waals surface area contributed by atoms with Crippen molar-refractivity contribution in [1.82, 2.24) is 25.0 Å². The van der Waals surface area contributed by atoms with E-state index in [0.717, 1.165) is 30.7 Å². The Labute approximate surface area is 163 Å². The largest absolute Gasteiger partial charge is 0.378 e. The summed E-state index contributed by atoms with van der Waals surface area (Å²) in [5, 5.41) is 7.24. The molecule has 8 nitrogen and oxygen atoms in total. The number of nitrogens with one attached hydrogen (secondary N) is 1. The fraction of sp³-hybridized carbons (Fsp3) is 0.500. The Morgan fingerprint density at radius 1 is 1.18 bits per heavy atom. The van der Waals surface area contributed by atoms with Crippen molar-refractivity contribution >= 4 is 11.8 Å². The van der Waals surface area contributed by atoms with Crippen molar-refractivity contribution in [2.75, 3.05) is 32.8 Å². The van der Waals surface area contributed by atoms with Crippen LogP contribution >= 0.6 is 0 Å². The molecule has 0 bridgehead atoms. The number of morpholine rings is 1. The molecule has 28 heavy (non-hydrogen) atoms. The number of ether oxygens (including phenoxy) is 1. The van der Waals surface area contributed by atoms with Crippen LogP contribution < -0.4 is 0 Å². The molecular weight excluding hydrogens is 358 g/mol. The predicted molar refractivity (Wildman–Crippen MR) is 102 cm³/mol. The van der Waals surface area contributed by atoms with E-state index in [0.29, 0.717) is 38.5 Å². The van der Waals surface area contributed by atoms with Gasteiger partial charge in [-0.25, -0.2) is 0 Å². The molecule has 2 aliphatic heterocycles. The Kier molecular flexibility index (Phi) is 5.66. The summed E-state index contributed by atoms with van der Waals surface area (Å²) in [5.74, 6) is -0.0352. The second kappa shape index (κ2) is 8.52. The van der Waals surface area contributed by atoms with Crippen molar-refractivity contribution in [1.29, 1.82) is 0 Å². The second-order valence-electron chi connectivity index (χ2n) is 7.21. The maximum absolute atomic E-state index is 12.9. The van der Waals surface area contributed by atoms with E-state index in [1.165, 1.54) is 0 Å². The van der Waals surface area contributed by atoms with Crippen molar-refractivity contribution in [2.45, 2.75) is 31.7 Å². The van der Waals surface area contributed by atoms with E-state index in [1.54, 1.807) is 17.2 Å². The lowest BCUT2D eigenvalue weighted by Gasteiger charge is -2.35. The number of carbonyl (C=O) groups excluding carboxylic acids is 2. The Morgan fingerprint density at radius 3 is 2.82 bits per heavy atom. The average molecular weight is 383 g/mol. The van der Waals surface area contributed by atoms with E-state index in [9.17, 15) is 9.59 Å². The maximum Gasteiger partial charge on any atom is 0.274 e. The molecule has 1 N–H and O–H groups in total. The quantitative estimate of drug-likeness (QED) is 0.865. The normalized spacial score (nSPS) is 20.2. The number of piperidine rings is 1. The summed E-state index contributed by atoms with van der Waals surface area (Å²) >= 11 is 0. The van der Waals surface area contributed by atoms with E-state index in [1.807, 2.05) is 23.1 Å². The molecule has 4 heterocycles. The van der Waals surface area contributed by atoms with Gasteiger partial charge in [0.2, 0.25) is 5.91 Å². The fourth-order valence-corrected chi connectivity index (χ4v) is 3.86. The first-order valence-corrected chi connectivity index (χ1v) is 9.84. The molecule has 0 radical (unpaired) electrons. The number of aromatic nitrogens is 3. The summed E-state index contributed by atoms with van der Waals surface area (Å²) in [6.07, 6.45) is 4.88. The topological polar surface area (TPSA) is 91.4 Å². The summed E-state index contributed by atoms with van der Waals surface area (Å²) < 4.78 is 5.30. The smallest absolute Gasteiger partial charge is 0.274 e. The molecule has 0 aromatic carbocycles. The molecular formula is C20H25N5O3. The molecule has 0 aliphatic carbocycles. The van der Waals surface area contributed by atoms with Crippen molar-refractivity contribution in [3.63, 3.8) is 0 Å². The van der Waals surface area contributed by atoms with Crippen molar-refractivity contribution in [2.24, 2.45) is 0 Å². The zero-order valence-electron chi connectivity index (χ0n) is 15.8. The highest BCUT2D eigenvalue weighted by Gasteiger charge is 2.30. The number of aromatic amines is 1. The lowest BCUT2D eigenvalue weighted by atomic mass is 9.98. The van der Waals surface area contributed by atoms with Gasteiger partial charge in [0.15, 0.2) is 0 Å². The number of rotatable bonds is 4. The number of likely N-dealkylation sites (tertiary alicyclic amines) is 1. The minimum atomic E-state index is -0.0898. The lowest BCUT2D eigenvalue weighted by molar-refractivity contribution is -0.134. The van der Waals surface area contributed by atoms with E-state index in [-0.39, 0.29) is 24.3 Å². The van der Waals surface area contributed by atoms with E-state index >= 15 is 0 Å². The second-order valence-corrected chi connectivity index (χ2v) is 7.21. The summed E-state index contributed by atoms with van der Waals surface area (Å²) in [7, 11) is 0. The SMILES string of the molecule is O=C(c1cc([C@@H]2CCCCN2C(=O)Cc2ccccn2)[nH]n1)N1CCOCC1. The molecule has 8 heteroatoms. The van der Waals surface area contributed by atoms with E-state index in [2.05, 4.69) is 15.2 Å². The van der Waals surface area contributed by atoms with E-state index < -0.39 is 0 Å². The standard InChI is InChI=1S/C20H25N5O3/c26-19(13-15-5-1-3-7-21-15)25-8-4-2-6-18(25)16-14-17(23-22-16)20(27)24-9-11-28-12-10-24/h1,3,5,7,14,18H,2,4,6,8-13H2,(H,22,23)/t18-/m0/s1. The highest BCUT2D eigenvalue weighted by molar-refractivity contribution is 5.92. The summed E-state index contributed by atoms with van der Waals surface area (Å²) in [6, 6.07) is 7.32. The van der Waals surface area contributed by atoms with Crippen LogP contribution in [0.15, 0.2) is 30.5 Å². The van der Waals surface area contributed by atoms with Crippen LogP contribution in [0.25, 0.3) is 0 Å². The molecule has 1 atom stereocenters. The van der Waals surface area contributed by atoms with Crippen LogP contribution in [0.1, 0.15) is 47.2 Å².